The molecular weight excluding hydrogens is 320 g/mol. The molecule has 0 unspecified atom stereocenters. The summed E-state index contributed by atoms with van der Waals surface area (Å²) < 4.78 is 11.3. The van der Waals surface area contributed by atoms with Crippen LogP contribution in [0, 0.1) is 0 Å². The van der Waals surface area contributed by atoms with Gasteiger partial charge < -0.3 is 24.8 Å². The van der Waals surface area contributed by atoms with E-state index in [1.165, 1.54) is 6.07 Å². The fraction of sp³-hybridized carbons (Fsp3) is 0.100. The molecule has 0 amide bonds. The highest BCUT2D eigenvalue weighted by Gasteiger charge is 2.06. The van der Waals surface area contributed by atoms with Crippen LogP contribution in [-0.2, 0) is 13.2 Å². The van der Waals surface area contributed by atoms with E-state index < -0.39 is 0 Å². The van der Waals surface area contributed by atoms with E-state index in [0.29, 0.717) is 18.1 Å². The molecule has 0 heterocycles. The summed E-state index contributed by atoms with van der Waals surface area (Å²) in [5.41, 5.74) is 1.78. The molecule has 0 radical (unpaired) electrons. The third kappa shape index (κ3) is 4.57. The Kier molecular flexibility index (Phi) is 4.95. The standard InChI is InChI=1S/C20H18O5/c21-16-5-1-14(2-6-16)12-24-18-9-10-19(23)20(11-18)25-13-15-3-7-17(22)8-4-15/h1-11,21-23H,12-13H2. The predicted octanol–water partition coefficient (Wildman–Crippen LogP) is 3.96. The maximum Gasteiger partial charge on any atom is 0.165 e. The van der Waals surface area contributed by atoms with Gasteiger partial charge in [-0.2, -0.15) is 0 Å². The van der Waals surface area contributed by atoms with Gasteiger partial charge in [0.1, 0.15) is 30.5 Å². The zero-order valence-corrected chi connectivity index (χ0v) is 13.4. The van der Waals surface area contributed by atoms with Crippen molar-refractivity contribution in [1.82, 2.24) is 0 Å². The van der Waals surface area contributed by atoms with Crippen molar-refractivity contribution in [3.05, 3.63) is 77.9 Å². The lowest BCUT2D eigenvalue weighted by atomic mass is 10.2. The SMILES string of the molecule is Oc1ccc(COc2ccc(O)c(OCc3ccc(O)cc3)c2)cc1. The number of hydrogen-bond acceptors (Lipinski definition) is 5. The van der Waals surface area contributed by atoms with Gasteiger partial charge in [0.2, 0.25) is 0 Å². The lowest BCUT2D eigenvalue weighted by Crippen LogP contribution is -1.98. The molecule has 25 heavy (non-hydrogen) atoms. The second-order valence-electron chi connectivity index (χ2n) is 5.54. The molecule has 128 valence electrons. The summed E-state index contributed by atoms with van der Waals surface area (Å²) in [6.45, 7) is 0.595. The maximum atomic E-state index is 9.92. The highest BCUT2D eigenvalue weighted by molar-refractivity contribution is 5.44. The summed E-state index contributed by atoms with van der Waals surface area (Å²) in [5.74, 6) is 1.30. The van der Waals surface area contributed by atoms with Gasteiger partial charge in [-0.25, -0.2) is 0 Å². The zero-order chi connectivity index (χ0) is 17.6. The van der Waals surface area contributed by atoms with Crippen LogP contribution < -0.4 is 9.47 Å². The molecule has 3 aromatic carbocycles. The molecule has 0 spiro atoms. The highest BCUT2D eigenvalue weighted by atomic mass is 16.5. The first kappa shape index (κ1) is 16.5. The van der Waals surface area contributed by atoms with Gasteiger partial charge in [-0.05, 0) is 47.5 Å². The minimum atomic E-state index is 0.0239. The van der Waals surface area contributed by atoms with E-state index in [-0.39, 0.29) is 23.9 Å². The largest absolute Gasteiger partial charge is 0.508 e. The van der Waals surface area contributed by atoms with Crippen molar-refractivity contribution < 1.29 is 24.8 Å². The highest BCUT2D eigenvalue weighted by Crippen LogP contribution is 2.31. The third-order valence-electron chi connectivity index (χ3n) is 3.60. The molecule has 3 N–H and O–H groups in total. The number of ether oxygens (including phenoxy) is 2. The van der Waals surface area contributed by atoms with E-state index in [2.05, 4.69) is 0 Å². The lowest BCUT2D eigenvalue weighted by molar-refractivity contribution is 0.278. The van der Waals surface area contributed by atoms with Crippen molar-refractivity contribution in [2.24, 2.45) is 0 Å². The van der Waals surface area contributed by atoms with Gasteiger partial charge >= 0.3 is 0 Å². The van der Waals surface area contributed by atoms with Crippen LogP contribution in [0.1, 0.15) is 11.1 Å². The number of benzene rings is 3. The van der Waals surface area contributed by atoms with E-state index in [1.807, 2.05) is 0 Å². The van der Waals surface area contributed by atoms with Gasteiger partial charge in [-0.3, -0.25) is 0 Å². The summed E-state index contributed by atoms with van der Waals surface area (Å²) in [7, 11) is 0. The monoisotopic (exact) mass is 338 g/mol. The molecule has 5 heteroatoms. The Bertz CT molecular complexity index is 826. The zero-order valence-electron chi connectivity index (χ0n) is 13.4. The van der Waals surface area contributed by atoms with Crippen molar-refractivity contribution in [1.29, 1.82) is 0 Å². The number of rotatable bonds is 6. The van der Waals surface area contributed by atoms with Crippen LogP contribution in [0.5, 0.6) is 28.7 Å². The molecule has 0 aliphatic heterocycles. The first-order valence-electron chi connectivity index (χ1n) is 7.74. The van der Waals surface area contributed by atoms with Crippen LogP contribution in [0.15, 0.2) is 66.7 Å². The normalized spacial score (nSPS) is 10.4. The minimum Gasteiger partial charge on any atom is -0.508 e. The topological polar surface area (TPSA) is 79.2 Å². The molecule has 0 saturated carbocycles. The van der Waals surface area contributed by atoms with Gasteiger partial charge in [0.05, 0.1) is 0 Å². The van der Waals surface area contributed by atoms with E-state index in [1.54, 1.807) is 60.7 Å². The van der Waals surface area contributed by atoms with E-state index >= 15 is 0 Å². The third-order valence-corrected chi connectivity index (χ3v) is 3.60. The number of hydrogen-bond donors (Lipinski definition) is 3. The number of phenols is 3. The summed E-state index contributed by atoms with van der Waals surface area (Å²) >= 11 is 0. The van der Waals surface area contributed by atoms with Crippen molar-refractivity contribution in [3.8, 4) is 28.7 Å². The molecule has 0 fully saturated rings. The quantitative estimate of drug-likeness (QED) is 0.634. The second kappa shape index (κ2) is 7.49. The molecule has 3 aromatic rings. The lowest BCUT2D eigenvalue weighted by Gasteiger charge is -2.11. The maximum absolute atomic E-state index is 9.92. The van der Waals surface area contributed by atoms with Gasteiger partial charge in [0.25, 0.3) is 0 Å². The summed E-state index contributed by atoms with van der Waals surface area (Å²) in [6, 6.07) is 18.2. The van der Waals surface area contributed by atoms with Crippen LogP contribution >= 0.6 is 0 Å². The van der Waals surface area contributed by atoms with Crippen molar-refractivity contribution in [2.45, 2.75) is 13.2 Å². The molecule has 0 aliphatic carbocycles. The minimum absolute atomic E-state index is 0.0239. The Morgan fingerprint density at radius 1 is 0.600 bits per heavy atom. The van der Waals surface area contributed by atoms with E-state index in [9.17, 15) is 15.3 Å². The molecular formula is C20H18O5. The van der Waals surface area contributed by atoms with Gasteiger partial charge in [-0.15, -0.1) is 0 Å². The molecule has 0 aromatic heterocycles. The molecule has 0 saturated heterocycles. The van der Waals surface area contributed by atoms with Crippen LogP contribution in [0.2, 0.25) is 0 Å². The molecule has 3 rings (SSSR count). The number of aromatic hydroxyl groups is 3. The number of phenolic OH excluding ortho intramolecular Hbond substituents is 3. The first-order chi connectivity index (χ1) is 12.1. The van der Waals surface area contributed by atoms with Crippen LogP contribution in [0.4, 0.5) is 0 Å². The molecule has 0 aliphatic rings. The average molecular weight is 338 g/mol. The molecule has 5 nitrogen and oxygen atoms in total. The van der Waals surface area contributed by atoms with E-state index in [4.69, 9.17) is 9.47 Å². The van der Waals surface area contributed by atoms with E-state index in [0.717, 1.165) is 11.1 Å². The summed E-state index contributed by atoms with van der Waals surface area (Å²) in [5, 5.41) is 28.5. The Hall–Kier alpha value is -3.34. The van der Waals surface area contributed by atoms with Crippen LogP contribution in [-0.4, -0.2) is 15.3 Å². The summed E-state index contributed by atoms with van der Waals surface area (Å²) in [4.78, 5) is 0. The molecule has 0 bridgehead atoms. The Balaban J connectivity index is 1.63. The van der Waals surface area contributed by atoms with Crippen LogP contribution in [0.3, 0.4) is 0 Å². The van der Waals surface area contributed by atoms with Crippen LogP contribution in [0.25, 0.3) is 0 Å². The van der Waals surface area contributed by atoms with Crippen molar-refractivity contribution in [2.75, 3.05) is 0 Å². The smallest absolute Gasteiger partial charge is 0.165 e. The van der Waals surface area contributed by atoms with Crippen molar-refractivity contribution >= 4 is 0 Å². The first-order valence-corrected chi connectivity index (χ1v) is 7.74. The Morgan fingerprint density at radius 3 is 1.68 bits per heavy atom. The fourth-order valence-electron chi connectivity index (χ4n) is 2.21. The Labute approximate surface area is 145 Å². The summed E-state index contributed by atoms with van der Waals surface area (Å²) in [6.07, 6.45) is 0. The Morgan fingerprint density at radius 2 is 1.12 bits per heavy atom. The van der Waals surface area contributed by atoms with Crippen molar-refractivity contribution in [3.63, 3.8) is 0 Å². The fourth-order valence-corrected chi connectivity index (χ4v) is 2.21. The van der Waals surface area contributed by atoms with Gasteiger partial charge in [0.15, 0.2) is 11.5 Å². The molecule has 0 atom stereocenters. The predicted molar refractivity (Wildman–Crippen MR) is 93.0 cm³/mol. The van der Waals surface area contributed by atoms with Gasteiger partial charge in [-0.1, -0.05) is 24.3 Å². The average Bonchev–Trinajstić information content (AvgIpc) is 2.62. The second-order valence-corrected chi connectivity index (χ2v) is 5.54. The van der Waals surface area contributed by atoms with Gasteiger partial charge in [0, 0.05) is 6.07 Å².